The Morgan fingerprint density at radius 1 is 1.00 bits per heavy atom. The van der Waals surface area contributed by atoms with Crippen LogP contribution in [0.25, 0.3) is 11.0 Å². The number of piperidine rings is 1. The number of benzene rings is 2. The molecule has 7 heteroatoms. The van der Waals surface area contributed by atoms with Gasteiger partial charge in [-0.2, -0.15) is 0 Å². The minimum Gasteiger partial charge on any atom is -0.493 e. The van der Waals surface area contributed by atoms with Crippen LogP contribution in [0.1, 0.15) is 37.1 Å². The number of halogens is 3. The molecule has 0 aliphatic carbocycles. The fourth-order valence-corrected chi connectivity index (χ4v) is 4.89. The Labute approximate surface area is 179 Å². The molecule has 0 atom stereocenters. The summed E-state index contributed by atoms with van der Waals surface area (Å²) in [7, 11) is 0. The predicted molar refractivity (Wildman–Crippen MR) is 112 cm³/mol. The molecule has 0 saturated carbocycles. The molecule has 3 heterocycles. The van der Waals surface area contributed by atoms with Gasteiger partial charge in [-0.05, 0) is 74.9 Å². The fourth-order valence-electron chi connectivity index (χ4n) is 4.89. The first-order valence-corrected chi connectivity index (χ1v) is 11.0. The molecule has 0 bridgehead atoms. The summed E-state index contributed by atoms with van der Waals surface area (Å²) in [6, 6.07) is 6.84. The van der Waals surface area contributed by atoms with E-state index in [1.807, 2.05) is 0 Å². The molecular formula is C24H26F3N3O. The maximum atomic E-state index is 13.9. The van der Waals surface area contributed by atoms with Gasteiger partial charge < -0.3 is 9.30 Å². The molecule has 31 heavy (non-hydrogen) atoms. The number of likely N-dealkylation sites (tertiary alicyclic amines) is 1. The second kappa shape index (κ2) is 8.54. The van der Waals surface area contributed by atoms with E-state index in [-0.39, 0.29) is 5.82 Å². The van der Waals surface area contributed by atoms with Gasteiger partial charge in [0.05, 0.1) is 24.2 Å². The smallest absolute Gasteiger partial charge is 0.162 e. The lowest BCUT2D eigenvalue weighted by Crippen LogP contribution is -2.34. The SMILES string of the molecule is Fc1cc2c3c(c1)nc(CN1CCC(CCOc4ccc(F)c(F)c4)CC1)n3CCC2. The van der Waals surface area contributed by atoms with Crippen LogP contribution >= 0.6 is 0 Å². The highest BCUT2D eigenvalue weighted by molar-refractivity contribution is 5.80. The van der Waals surface area contributed by atoms with E-state index < -0.39 is 11.6 Å². The van der Waals surface area contributed by atoms with E-state index in [1.165, 1.54) is 6.07 Å². The third-order valence-corrected chi connectivity index (χ3v) is 6.55. The zero-order chi connectivity index (χ0) is 21.4. The van der Waals surface area contributed by atoms with Crippen molar-refractivity contribution in [3.63, 3.8) is 0 Å². The summed E-state index contributed by atoms with van der Waals surface area (Å²) in [5.41, 5.74) is 2.95. The molecule has 0 spiro atoms. The predicted octanol–water partition coefficient (Wildman–Crippen LogP) is 5.08. The third-order valence-electron chi connectivity index (χ3n) is 6.55. The van der Waals surface area contributed by atoms with Gasteiger partial charge in [0.25, 0.3) is 0 Å². The van der Waals surface area contributed by atoms with Gasteiger partial charge in [0, 0.05) is 18.7 Å². The van der Waals surface area contributed by atoms with E-state index in [0.717, 1.165) is 92.8 Å². The summed E-state index contributed by atoms with van der Waals surface area (Å²) in [6.07, 6.45) is 4.98. The lowest BCUT2D eigenvalue weighted by molar-refractivity contribution is 0.153. The van der Waals surface area contributed by atoms with Gasteiger partial charge in [-0.3, -0.25) is 4.90 Å². The van der Waals surface area contributed by atoms with Gasteiger partial charge in [0.15, 0.2) is 11.6 Å². The molecule has 0 radical (unpaired) electrons. The first-order valence-electron chi connectivity index (χ1n) is 11.0. The normalized spacial score (nSPS) is 17.4. The van der Waals surface area contributed by atoms with Crippen LogP contribution in [0.15, 0.2) is 30.3 Å². The van der Waals surface area contributed by atoms with E-state index in [4.69, 9.17) is 9.72 Å². The summed E-state index contributed by atoms with van der Waals surface area (Å²) in [5, 5.41) is 0. The monoisotopic (exact) mass is 429 g/mol. The largest absolute Gasteiger partial charge is 0.493 e. The van der Waals surface area contributed by atoms with E-state index in [0.29, 0.717) is 18.3 Å². The van der Waals surface area contributed by atoms with E-state index >= 15 is 0 Å². The first-order chi connectivity index (χ1) is 15.1. The molecule has 5 rings (SSSR count). The molecule has 2 aliphatic rings. The molecule has 1 fully saturated rings. The molecule has 2 aliphatic heterocycles. The Morgan fingerprint density at radius 3 is 2.65 bits per heavy atom. The minimum atomic E-state index is -0.883. The van der Waals surface area contributed by atoms with Gasteiger partial charge in [-0.25, -0.2) is 18.2 Å². The number of aryl methyl sites for hydroxylation is 2. The highest BCUT2D eigenvalue weighted by Crippen LogP contribution is 2.29. The number of rotatable bonds is 6. The van der Waals surface area contributed by atoms with Crippen molar-refractivity contribution in [3.8, 4) is 5.75 Å². The molecule has 4 nitrogen and oxygen atoms in total. The summed E-state index contributed by atoms with van der Waals surface area (Å²) < 4.78 is 48.0. The molecule has 0 unspecified atom stereocenters. The Hall–Kier alpha value is -2.54. The number of aromatic nitrogens is 2. The highest BCUT2D eigenvalue weighted by Gasteiger charge is 2.24. The summed E-state index contributed by atoms with van der Waals surface area (Å²) in [6.45, 7) is 4.20. The van der Waals surface area contributed by atoms with Gasteiger partial charge in [0.1, 0.15) is 17.4 Å². The Bertz CT molecular complexity index is 1090. The van der Waals surface area contributed by atoms with Crippen molar-refractivity contribution in [3.05, 3.63) is 59.2 Å². The van der Waals surface area contributed by atoms with Crippen molar-refractivity contribution in [2.75, 3.05) is 19.7 Å². The molecule has 3 aromatic rings. The van der Waals surface area contributed by atoms with Gasteiger partial charge >= 0.3 is 0 Å². The van der Waals surface area contributed by atoms with Crippen LogP contribution in [0.2, 0.25) is 0 Å². The number of imidazole rings is 1. The van der Waals surface area contributed by atoms with Crippen molar-refractivity contribution in [2.24, 2.45) is 5.92 Å². The second-order valence-corrected chi connectivity index (χ2v) is 8.65. The van der Waals surface area contributed by atoms with Crippen LogP contribution in [0.4, 0.5) is 13.2 Å². The minimum absolute atomic E-state index is 0.202. The van der Waals surface area contributed by atoms with Crippen molar-refractivity contribution in [2.45, 2.75) is 45.2 Å². The standard InChI is InChI=1S/C24H26F3N3O/c25-18-12-17-2-1-8-30-23(28-22(13-18)24(17)30)15-29-9-5-16(6-10-29)7-11-31-19-3-4-20(26)21(27)14-19/h3-4,12-14,16H,1-2,5-11,15H2. The molecule has 164 valence electrons. The average molecular weight is 429 g/mol. The van der Waals surface area contributed by atoms with E-state index in [1.54, 1.807) is 12.1 Å². The topological polar surface area (TPSA) is 30.3 Å². The van der Waals surface area contributed by atoms with Crippen molar-refractivity contribution < 1.29 is 17.9 Å². The van der Waals surface area contributed by atoms with Crippen LogP contribution in [-0.4, -0.2) is 34.1 Å². The highest BCUT2D eigenvalue weighted by atomic mass is 19.2. The maximum absolute atomic E-state index is 13.9. The fraction of sp³-hybridized carbons (Fsp3) is 0.458. The van der Waals surface area contributed by atoms with Crippen LogP contribution in [0, 0.1) is 23.4 Å². The Kier molecular flexibility index (Phi) is 5.61. The number of nitrogens with zero attached hydrogens (tertiary/aromatic N) is 3. The van der Waals surface area contributed by atoms with Gasteiger partial charge in [-0.15, -0.1) is 0 Å². The maximum Gasteiger partial charge on any atom is 0.162 e. The van der Waals surface area contributed by atoms with Gasteiger partial charge in [-0.1, -0.05) is 0 Å². The van der Waals surface area contributed by atoms with Crippen molar-refractivity contribution in [1.29, 1.82) is 0 Å². The summed E-state index contributed by atoms with van der Waals surface area (Å²) in [5.74, 6) is 0.00746. The lowest BCUT2D eigenvalue weighted by Gasteiger charge is -2.32. The van der Waals surface area contributed by atoms with Crippen LogP contribution in [0.5, 0.6) is 5.75 Å². The Balaban J connectivity index is 1.15. The Morgan fingerprint density at radius 2 is 1.84 bits per heavy atom. The molecule has 1 saturated heterocycles. The van der Waals surface area contributed by atoms with Crippen LogP contribution < -0.4 is 4.74 Å². The number of hydrogen-bond donors (Lipinski definition) is 0. The average Bonchev–Trinajstić information content (AvgIpc) is 3.10. The first kappa shape index (κ1) is 20.4. The van der Waals surface area contributed by atoms with Crippen molar-refractivity contribution >= 4 is 11.0 Å². The van der Waals surface area contributed by atoms with Gasteiger partial charge in [0.2, 0.25) is 0 Å². The second-order valence-electron chi connectivity index (χ2n) is 8.65. The molecule has 2 aromatic carbocycles. The number of ether oxygens (including phenoxy) is 1. The number of hydrogen-bond acceptors (Lipinski definition) is 3. The van der Waals surface area contributed by atoms with Crippen LogP contribution in [-0.2, 0) is 19.5 Å². The van der Waals surface area contributed by atoms with Crippen molar-refractivity contribution in [1.82, 2.24) is 14.5 Å². The summed E-state index contributed by atoms with van der Waals surface area (Å²) in [4.78, 5) is 7.18. The molecule has 1 aromatic heterocycles. The quantitative estimate of drug-likeness (QED) is 0.547. The van der Waals surface area contributed by atoms with Crippen LogP contribution in [0.3, 0.4) is 0 Å². The third kappa shape index (κ3) is 4.28. The molecular weight excluding hydrogens is 403 g/mol. The molecule has 0 amide bonds. The zero-order valence-electron chi connectivity index (χ0n) is 17.4. The van der Waals surface area contributed by atoms with E-state index in [2.05, 4.69) is 9.47 Å². The zero-order valence-corrected chi connectivity index (χ0v) is 17.4. The molecule has 0 N–H and O–H groups in total. The summed E-state index contributed by atoms with van der Waals surface area (Å²) >= 11 is 0. The van der Waals surface area contributed by atoms with E-state index in [9.17, 15) is 13.2 Å². The lowest BCUT2D eigenvalue weighted by atomic mass is 9.94.